The lowest BCUT2D eigenvalue weighted by Gasteiger charge is -2.08. The fourth-order valence-electron chi connectivity index (χ4n) is 1.19. The van der Waals surface area contributed by atoms with Crippen LogP contribution in [0.5, 0.6) is 0 Å². The lowest BCUT2D eigenvalue weighted by molar-refractivity contribution is -0.118. The molecule has 0 saturated heterocycles. The van der Waals surface area contributed by atoms with Crippen LogP contribution in [0.2, 0.25) is 0 Å². The van der Waals surface area contributed by atoms with E-state index in [1.807, 2.05) is 0 Å². The molecule has 1 rings (SSSR count). The maximum Gasteiger partial charge on any atom is 0.239 e. The molecule has 0 bridgehead atoms. The van der Waals surface area contributed by atoms with E-state index >= 15 is 0 Å². The van der Waals surface area contributed by atoms with E-state index in [1.165, 1.54) is 0 Å². The molecule has 0 radical (unpaired) electrons. The number of halogens is 1. The van der Waals surface area contributed by atoms with Gasteiger partial charge in [-0.25, -0.2) is 10.8 Å². The van der Waals surface area contributed by atoms with Gasteiger partial charge in [-0.2, -0.15) is 4.98 Å². The summed E-state index contributed by atoms with van der Waals surface area (Å²) in [6.07, 6.45) is 3.61. The molecule has 7 nitrogen and oxygen atoms in total. The Labute approximate surface area is 107 Å². The summed E-state index contributed by atoms with van der Waals surface area (Å²) in [7, 11) is 0. The van der Waals surface area contributed by atoms with Gasteiger partial charge in [-0.15, -0.1) is 0 Å². The van der Waals surface area contributed by atoms with Crippen molar-refractivity contribution in [2.75, 3.05) is 17.3 Å². The second kappa shape index (κ2) is 7.02. The highest BCUT2D eigenvalue weighted by atomic mass is 79.9. The van der Waals surface area contributed by atoms with Gasteiger partial charge in [0.2, 0.25) is 11.9 Å². The summed E-state index contributed by atoms with van der Waals surface area (Å²) < 4.78 is 0.756. The van der Waals surface area contributed by atoms with Gasteiger partial charge >= 0.3 is 0 Å². The number of hydrogen-bond acceptors (Lipinski definition) is 6. The molecule has 1 heterocycles. The van der Waals surface area contributed by atoms with Crippen LogP contribution >= 0.6 is 15.9 Å². The number of carbonyl (C=O) groups excluding carboxylic acids is 1. The molecule has 0 unspecified atom stereocenters. The monoisotopic (exact) mass is 302 g/mol. The number of nitrogens with one attached hydrogen (secondary N) is 2. The van der Waals surface area contributed by atoms with E-state index in [9.17, 15) is 4.79 Å². The van der Waals surface area contributed by atoms with E-state index in [4.69, 9.17) is 11.6 Å². The van der Waals surface area contributed by atoms with Crippen molar-refractivity contribution in [3.05, 3.63) is 10.7 Å². The van der Waals surface area contributed by atoms with Crippen LogP contribution in [0.1, 0.15) is 19.3 Å². The molecule has 0 aliphatic carbocycles. The first-order valence-electron chi connectivity index (χ1n) is 5.15. The summed E-state index contributed by atoms with van der Waals surface area (Å²) >= 11 is 3.32. The zero-order valence-corrected chi connectivity index (χ0v) is 10.8. The molecule has 17 heavy (non-hydrogen) atoms. The van der Waals surface area contributed by atoms with Gasteiger partial charge < -0.3 is 11.1 Å². The number of hydrazine groups is 1. The Bertz CT molecular complexity index is 386. The van der Waals surface area contributed by atoms with Crippen LogP contribution in [0.15, 0.2) is 10.7 Å². The van der Waals surface area contributed by atoms with Crippen LogP contribution in [-0.4, -0.2) is 22.4 Å². The number of hydrogen-bond donors (Lipinski definition) is 4. The average Bonchev–Trinajstić information content (AvgIpc) is 2.30. The molecule has 94 valence electrons. The largest absolute Gasteiger partial charge is 0.370 e. The van der Waals surface area contributed by atoms with E-state index in [0.717, 1.165) is 17.3 Å². The number of primary amides is 1. The van der Waals surface area contributed by atoms with Gasteiger partial charge in [-0.1, -0.05) is 0 Å². The zero-order valence-electron chi connectivity index (χ0n) is 9.24. The van der Waals surface area contributed by atoms with Crippen molar-refractivity contribution in [1.82, 2.24) is 9.97 Å². The molecule has 1 aromatic heterocycles. The quantitative estimate of drug-likeness (QED) is 0.332. The summed E-state index contributed by atoms with van der Waals surface area (Å²) in [6, 6.07) is 0. The Morgan fingerprint density at radius 2 is 2.24 bits per heavy atom. The highest BCUT2D eigenvalue weighted by Gasteiger charge is 2.03. The Morgan fingerprint density at radius 1 is 1.47 bits per heavy atom. The highest BCUT2D eigenvalue weighted by Crippen LogP contribution is 2.19. The first-order valence-corrected chi connectivity index (χ1v) is 5.94. The zero-order chi connectivity index (χ0) is 12.7. The third-order valence-electron chi connectivity index (χ3n) is 2.02. The summed E-state index contributed by atoms with van der Waals surface area (Å²) in [5.41, 5.74) is 7.41. The number of carbonyl (C=O) groups is 1. The maximum absolute atomic E-state index is 10.5. The predicted octanol–water partition coefficient (Wildman–Crippen LogP) is 0.592. The number of rotatable bonds is 7. The molecule has 0 aliphatic heterocycles. The first kappa shape index (κ1) is 13.7. The van der Waals surface area contributed by atoms with Gasteiger partial charge in [0.1, 0.15) is 5.82 Å². The van der Waals surface area contributed by atoms with Crippen molar-refractivity contribution in [3.63, 3.8) is 0 Å². The predicted molar refractivity (Wildman–Crippen MR) is 69.1 cm³/mol. The molecule has 0 atom stereocenters. The van der Waals surface area contributed by atoms with Gasteiger partial charge in [-0.3, -0.25) is 10.2 Å². The second-order valence-electron chi connectivity index (χ2n) is 3.38. The lowest BCUT2D eigenvalue weighted by Crippen LogP contribution is -2.13. The van der Waals surface area contributed by atoms with Crippen molar-refractivity contribution in [3.8, 4) is 0 Å². The summed E-state index contributed by atoms with van der Waals surface area (Å²) in [6.45, 7) is 0.701. The minimum atomic E-state index is -0.275. The number of unbranched alkanes of at least 4 members (excludes halogenated alkanes) is 1. The molecule has 0 aliphatic rings. The molecule has 0 saturated carbocycles. The molecule has 8 heteroatoms. The number of aromatic nitrogens is 2. The normalized spacial score (nSPS) is 10.0. The Morgan fingerprint density at radius 3 is 2.88 bits per heavy atom. The molecule has 0 fully saturated rings. The van der Waals surface area contributed by atoms with Crippen molar-refractivity contribution in [1.29, 1.82) is 0 Å². The summed E-state index contributed by atoms with van der Waals surface area (Å²) in [5, 5.41) is 3.12. The number of anilines is 2. The van der Waals surface area contributed by atoms with Crippen molar-refractivity contribution < 1.29 is 4.79 Å². The summed E-state index contributed by atoms with van der Waals surface area (Å²) in [5.74, 6) is 5.93. The van der Waals surface area contributed by atoms with Crippen LogP contribution in [0.4, 0.5) is 11.8 Å². The van der Waals surface area contributed by atoms with E-state index in [1.54, 1.807) is 6.20 Å². The molecular formula is C9H15BrN6O. The Kier molecular flexibility index (Phi) is 5.64. The number of nitrogens with two attached hydrogens (primary N) is 2. The fourth-order valence-corrected chi connectivity index (χ4v) is 1.52. The molecule has 0 spiro atoms. The minimum absolute atomic E-state index is 0.275. The first-order chi connectivity index (χ1) is 8.13. The average molecular weight is 303 g/mol. The standard InChI is InChI=1S/C9H15BrN6O/c10-6-5-14-9(16-12)15-8(6)13-4-2-1-3-7(11)17/h5H,1-4,12H2,(H2,11,17)(H2,13,14,15,16). The Hall–Kier alpha value is -1.41. The van der Waals surface area contributed by atoms with Crippen LogP contribution in [0.3, 0.4) is 0 Å². The van der Waals surface area contributed by atoms with E-state index < -0.39 is 0 Å². The molecular weight excluding hydrogens is 288 g/mol. The van der Waals surface area contributed by atoms with Gasteiger partial charge in [0, 0.05) is 19.2 Å². The SMILES string of the molecule is NNc1ncc(Br)c(NCCCCC(N)=O)n1. The van der Waals surface area contributed by atoms with E-state index in [-0.39, 0.29) is 5.91 Å². The maximum atomic E-state index is 10.5. The Balaban J connectivity index is 2.38. The van der Waals surface area contributed by atoms with Crippen LogP contribution in [0.25, 0.3) is 0 Å². The van der Waals surface area contributed by atoms with Crippen molar-refractivity contribution in [2.24, 2.45) is 11.6 Å². The molecule has 6 N–H and O–H groups in total. The minimum Gasteiger partial charge on any atom is -0.370 e. The van der Waals surface area contributed by atoms with Gasteiger partial charge in [0.15, 0.2) is 0 Å². The van der Waals surface area contributed by atoms with Gasteiger partial charge in [0.25, 0.3) is 0 Å². The van der Waals surface area contributed by atoms with Gasteiger partial charge in [-0.05, 0) is 28.8 Å². The number of nitrogen functional groups attached to an aromatic ring is 1. The molecule has 0 aromatic carbocycles. The number of amides is 1. The van der Waals surface area contributed by atoms with Crippen LogP contribution in [0, 0.1) is 0 Å². The topological polar surface area (TPSA) is 119 Å². The van der Waals surface area contributed by atoms with E-state index in [0.29, 0.717) is 24.7 Å². The summed E-state index contributed by atoms with van der Waals surface area (Å²) in [4.78, 5) is 18.6. The van der Waals surface area contributed by atoms with Gasteiger partial charge in [0.05, 0.1) is 4.47 Å². The highest BCUT2D eigenvalue weighted by molar-refractivity contribution is 9.10. The van der Waals surface area contributed by atoms with Crippen LogP contribution in [-0.2, 0) is 4.79 Å². The second-order valence-corrected chi connectivity index (χ2v) is 4.24. The van der Waals surface area contributed by atoms with Crippen molar-refractivity contribution >= 4 is 33.6 Å². The smallest absolute Gasteiger partial charge is 0.239 e. The lowest BCUT2D eigenvalue weighted by atomic mass is 10.2. The third kappa shape index (κ3) is 4.96. The molecule has 1 amide bonds. The van der Waals surface area contributed by atoms with E-state index in [2.05, 4.69) is 36.6 Å². The van der Waals surface area contributed by atoms with Crippen molar-refractivity contribution in [2.45, 2.75) is 19.3 Å². The number of nitrogens with zero attached hydrogens (tertiary/aromatic N) is 2. The van der Waals surface area contributed by atoms with Crippen LogP contribution < -0.4 is 22.3 Å². The fraction of sp³-hybridized carbons (Fsp3) is 0.444. The third-order valence-corrected chi connectivity index (χ3v) is 2.60. The molecule has 1 aromatic rings.